The van der Waals surface area contributed by atoms with Crippen LogP contribution in [0.2, 0.25) is 0 Å². The lowest BCUT2D eigenvalue weighted by molar-refractivity contribution is -0.241. The summed E-state index contributed by atoms with van der Waals surface area (Å²) in [6.45, 7) is 0.337. The van der Waals surface area contributed by atoms with E-state index in [1.807, 2.05) is 30.3 Å². The third-order valence-electron chi connectivity index (χ3n) is 3.31. The Bertz CT molecular complexity index is 558. The van der Waals surface area contributed by atoms with Gasteiger partial charge in [0, 0.05) is 0 Å². The van der Waals surface area contributed by atoms with Crippen molar-refractivity contribution in [2.24, 2.45) is 0 Å². The van der Waals surface area contributed by atoms with Gasteiger partial charge in [-0.3, -0.25) is 14.4 Å². The summed E-state index contributed by atoms with van der Waals surface area (Å²) in [4.78, 5) is 28.4. The lowest BCUT2D eigenvalue weighted by atomic mass is 9.83. The van der Waals surface area contributed by atoms with Gasteiger partial charge in [0.1, 0.15) is 12.1 Å². The summed E-state index contributed by atoms with van der Waals surface area (Å²) in [5.74, 6) is -0.132. The van der Waals surface area contributed by atoms with Crippen LogP contribution < -0.4 is 0 Å². The molecule has 0 unspecified atom stereocenters. The highest BCUT2D eigenvalue weighted by molar-refractivity contribution is 6.02. The number of hydrogen-bond acceptors (Lipinski definition) is 3. The molecular formula is C15H13NO3. The van der Waals surface area contributed by atoms with Crippen molar-refractivity contribution in [3.63, 3.8) is 0 Å². The van der Waals surface area contributed by atoms with Crippen LogP contribution in [0.25, 0.3) is 0 Å². The molecule has 1 aliphatic heterocycles. The van der Waals surface area contributed by atoms with Crippen molar-refractivity contribution in [1.29, 1.82) is 0 Å². The predicted octanol–water partition coefficient (Wildman–Crippen LogP) is 1.78. The number of carbonyl (C=O) groups excluding carboxylic acids is 2. The van der Waals surface area contributed by atoms with E-state index >= 15 is 0 Å². The smallest absolute Gasteiger partial charge is 0.250 e. The van der Waals surface area contributed by atoms with E-state index in [2.05, 4.69) is 0 Å². The van der Waals surface area contributed by atoms with Gasteiger partial charge in [-0.25, -0.2) is 5.06 Å². The maximum Gasteiger partial charge on any atom is 0.250 e. The first-order valence-corrected chi connectivity index (χ1v) is 6.12. The summed E-state index contributed by atoms with van der Waals surface area (Å²) in [5, 5.41) is 1.35. The monoisotopic (exact) mass is 255 g/mol. The van der Waals surface area contributed by atoms with Gasteiger partial charge in [-0.15, -0.1) is 0 Å². The van der Waals surface area contributed by atoms with E-state index in [1.54, 1.807) is 12.2 Å². The number of carbonyl (C=O) groups is 2. The van der Waals surface area contributed by atoms with Crippen LogP contribution in [0.15, 0.2) is 54.6 Å². The van der Waals surface area contributed by atoms with Gasteiger partial charge in [0.25, 0.3) is 0 Å². The average molecular weight is 255 g/mol. The minimum absolute atomic E-state index is 0.0621. The van der Waals surface area contributed by atoms with Crippen molar-refractivity contribution < 1.29 is 14.4 Å². The average Bonchev–Trinajstić information content (AvgIpc) is 2.42. The highest BCUT2D eigenvalue weighted by Crippen LogP contribution is 2.37. The molecule has 0 N–H and O–H groups in total. The molecule has 0 saturated carbocycles. The summed E-state index contributed by atoms with van der Waals surface area (Å²) in [6, 6.07) is 9.65. The van der Waals surface area contributed by atoms with Crippen molar-refractivity contribution in [2.75, 3.05) is 0 Å². The second-order valence-corrected chi connectivity index (χ2v) is 4.68. The largest absolute Gasteiger partial charge is 0.290 e. The van der Waals surface area contributed by atoms with Gasteiger partial charge in [0.2, 0.25) is 5.91 Å². The number of rotatable bonds is 3. The number of ketones is 1. The van der Waals surface area contributed by atoms with E-state index in [9.17, 15) is 9.59 Å². The molecule has 1 aromatic rings. The number of β-lactam (4-membered cyclic amide) rings is 1. The Hall–Kier alpha value is -2.20. The molecule has 1 heterocycles. The molecule has 1 amide bonds. The first kappa shape index (κ1) is 11.9. The molecule has 1 saturated heterocycles. The van der Waals surface area contributed by atoms with E-state index < -0.39 is 5.54 Å². The van der Waals surface area contributed by atoms with Gasteiger partial charge < -0.3 is 0 Å². The first-order valence-electron chi connectivity index (χ1n) is 6.12. The van der Waals surface area contributed by atoms with Crippen molar-refractivity contribution >= 4 is 11.7 Å². The molecule has 4 heteroatoms. The topological polar surface area (TPSA) is 46.6 Å². The normalized spacial score (nSPS) is 19.9. The summed E-state index contributed by atoms with van der Waals surface area (Å²) in [5.41, 5.74) is 0.428. The van der Waals surface area contributed by atoms with E-state index in [-0.39, 0.29) is 11.7 Å². The Labute approximate surface area is 110 Å². The SMILES string of the molecule is O=C1C=CC2(C=C1)CC(=O)N2OCc1ccccc1. The van der Waals surface area contributed by atoms with Crippen molar-refractivity contribution in [3.8, 4) is 0 Å². The Balaban J connectivity index is 1.70. The predicted molar refractivity (Wildman–Crippen MR) is 68.7 cm³/mol. The van der Waals surface area contributed by atoms with Gasteiger partial charge in [-0.05, 0) is 29.9 Å². The fraction of sp³-hybridized carbons (Fsp3) is 0.200. The van der Waals surface area contributed by atoms with Gasteiger partial charge in [-0.2, -0.15) is 0 Å². The molecule has 2 aliphatic rings. The quantitative estimate of drug-likeness (QED) is 0.773. The molecule has 0 aromatic heterocycles. The van der Waals surface area contributed by atoms with E-state index in [0.717, 1.165) is 5.56 Å². The number of hydrogen-bond donors (Lipinski definition) is 0. The van der Waals surface area contributed by atoms with Crippen molar-refractivity contribution in [2.45, 2.75) is 18.6 Å². The molecule has 96 valence electrons. The van der Waals surface area contributed by atoms with Crippen LogP contribution in [0.3, 0.4) is 0 Å². The third-order valence-corrected chi connectivity index (χ3v) is 3.31. The fourth-order valence-corrected chi connectivity index (χ4v) is 2.25. The van der Waals surface area contributed by atoms with Gasteiger partial charge in [0.15, 0.2) is 5.78 Å². The zero-order valence-corrected chi connectivity index (χ0v) is 10.3. The van der Waals surface area contributed by atoms with Gasteiger partial charge in [-0.1, -0.05) is 30.3 Å². The number of amides is 1. The van der Waals surface area contributed by atoms with E-state index in [1.165, 1.54) is 17.2 Å². The molecule has 0 radical (unpaired) electrons. The second-order valence-electron chi connectivity index (χ2n) is 4.68. The maximum atomic E-state index is 11.7. The molecule has 19 heavy (non-hydrogen) atoms. The van der Waals surface area contributed by atoms with Crippen molar-refractivity contribution in [1.82, 2.24) is 5.06 Å². The second kappa shape index (κ2) is 4.48. The first-order chi connectivity index (χ1) is 9.20. The Morgan fingerprint density at radius 2 is 1.79 bits per heavy atom. The van der Waals surface area contributed by atoms with Gasteiger partial charge in [0.05, 0.1) is 6.42 Å². The molecular weight excluding hydrogens is 242 g/mol. The van der Waals surface area contributed by atoms with Crippen LogP contribution >= 0.6 is 0 Å². The molecule has 3 rings (SSSR count). The Kier molecular flexibility index (Phi) is 2.80. The summed E-state index contributed by atoms with van der Waals surface area (Å²) in [7, 11) is 0. The standard InChI is InChI=1S/C15H13NO3/c17-13-6-8-15(9-7-13)10-14(18)16(15)19-11-12-4-2-1-3-5-12/h1-9H,10-11H2. The molecule has 0 atom stereocenters. The zero-order valence-electron chi connectivity index (χ0n) is 10.3. The van der Waals surface area contributed by atoms with Crippen LogP contribution in [0, 0.1) is 0 Å². The maximum absolute atomic E-state index is 11.7. The molecule has 1 fully saturated rings. The van der Waals surface area contributed by atoms with Crippen LogP contribution in [0.1, 0.15) is 12.0 Å². The lowest BCUT2D eigenvalue weighted by Gasteiger charge is -2.47. The van der Waals surface area contributed by atoms with Crippen LogP contribution in [-0.4, -0.2) is 22.3 Å². The minimum atomic E-state index is -0.570. The summed E-state index contributed by atoms with van der Waals surface area (Å²) < 4.78 is 0. The minimum Gasteiger partial charge on any atom is -0.290 e. The summed E-state index contributed by atoms with van der Waals surface area (Å²) >= 11 is 0. The lowest BCUT2D eigenvalue weighted by Crippen LogP contribution is -2.61. The number of benzene rings is 1. The third kappa shape index (κ3) is 2.11. The highest BCUT2D eigenvalue weighted by atomic mass is 16.7. The number of allylic oxidation sites excluding steroid dienone is 2. The van der Waals surface area contributed by atoms with Crippen LogP contribution in [0.5, 0.6) is 0 Å². The molecule has 4 nitrogen and oxygen atoms in total. The van der Waals surface area contributed by atoms with E-state index in [0.29, 0.717) is 13.0 Å². The van der Waals surface area contributed by atoms with Gasteiger partial charge >= 0.3 is 0 Å². The Morgan fingerprint density at radius 3 is 2.42 bits per heavy atom. The van der Waals surface area contributed by atoms with E-state index in [4.69, 9.17) is 4.84 Å². The number of hydroxylamine groups is 2. The number of nitrogens with zero attached hydrogens (tertiary/aromatic N) is 1. The highest BCUT2D eigenvalue weighted by Gasteiger charge is 2.49. The fourth-order valence-electron chi connectivity index (χ4n) is 2.25. The zero-order chi connectivity index (χ0) is 13.3. The van der Waals surface area contributed by atoms with Crippen LogP contribution in [-0.2, 0) is 21.0 Å². The Morgan fingerprint density at radius 1 is 1.11 bits per heavy atom. The van der Waals surface area contributed by atoms with Crippen molar-refractivity contribution in [3.05, 3.63) is 60.2 Å². The molecule has 1 aliphatic carbocycles. The molecule has 1 aromatic carbocycles. The molecule has 1 spiro atoms. The van der Waals surface area contributed by atoms with Crippen LogP contribution in [0.4, 0.5) is 0 Å². The summed E-state index contributed by atoms with van der Waals surface area (Å²) in [6.07, 6.45) is 6.75. The molecule has 0 bridgehead atoms.